The van der Waals surface area contributed by atoms with Crippen molar-refractivity contribution >= 4 is 33.0 Å². The molecule has 8 heteroatoms. The average molecular weight is 417 g/mol. The second-order valence-corrected chi connectivity index (χ2v) is 9.04. The lowest BCUT2D eigenvalue weighted by Crippen LogP contribution is -2.34. The number of halogens is 1. The number of nitrogens with zero attached hydrogens (tertiary/aromatic N) is 2. The predicted octanol–water partition coefficient (Wildman–Crippen LogP) is 3.45. The van der Waals surface area contributed by atoms with E-state index < -0.39 is 15.6 Å². The second-order valence-electron chi connectivity index (χ2n) is 6.59. The molecule has 1 unspecified atom stereocenters. The van der Waals surface area contributed by atoms with Crippen LogP contribution >= 0.6 is 11.6 Å². The molecule has 3 aromatic rings. The topological polar surface area (TPSA) is 83.1 Å². The fourth-order valence-corrected chi connectivity index (χ4v) is 3.87. The molecule has 4 rings (SSSR count). The van der Waals surface area contributed by atoms with E-state index in [1.165, 1.54) is 18.4 Å². The Kier molecular flexibility index (Phi) is 4.53. The summed E-state index contributed by atoms with van der Waals surface area (Å²) in [5.41, 5.74) is -0.101. The summed E-state index contributed by atoms with van der Waals surface area (Å²) in [4.78, 5) is 6.59. The molecule has 0 amide bonds. The molecule has 0 aliphatic carbocycles. The normalized spacial score (nSPS) is 19.7. The van der Waals surface area contributed by atoms with Crippen molar-refractivity contribution in [3.05, 3.63) is 83.3 Å². The standard InChI is InChI=1S/C20H17ClN2O4S/c1-28(25,26)17-10-4-14(5-11-17)19-22-20(24,18-3-2-12-27-18)13-23(19)16-8-6-15(21)7-9-16/h2-12,24H,13H2,1H3. The number of amidine groups is 1. The Labute approximate surface area is 167 Å². The third kappa shape index (κ3) is 3.44. The third-order valence-electron chi connectivity index (χ3n) is 4.52. The van der Waals surface area contributed by atoms with Crippen LogP contribution in [0.4, 0.5) is 5.69 Å². The number of benzene rings is 2. The van der Waals surface area contributed by atoms with Crippen LogP contribution in [0, 0.1) is 0 Å². The van der Waals surface area contributed by atoms with E-state index in [9.17, 15) is 13.5 Å². The van der Waals surface area contributed by atoms with Gasteiger partial charge in [0.1, 0.15) is 5.84 Å². The lowest BCUT2D eigenvalue weighted by atomic mass is 10.1. The van der Waals surface area contributed by atoms with Crippen molar-refractivity contribution in [2.24, 2.45) is 4.99 Å². The monoisotopic (exact) mass is 416 g/mol. The molecule has 0 saturated carbocycles. The van der Waals surface area contributed by atoms with Gasteiger partial charge in [-0.2, -0.15) is 0 Å². The van der Waals surface area contributed by atoms with E-state index in [0.29, 0.717) is 22.2 Å². The molecule has 1 aromatic heterocycles. The minimum absolute atomic E-state index is 0.144. The number of furan rings is 1. The molecule has 1 N–H and O–H groups in total. The van der Waals surface area contributed by atoms with E-state index >= 15 is 0 Å². The highest BCUT2D eigenvalue weighted by atomic mass is 35.5. The fraction of sp³-hybridized carbons (Fsp3) is 0.150. The number of hydrogen-bond acceptors (Lipinski definition) is 6. The van der Waals surface area contributed by atoms with Gasteiger partial charge in [0.05, 0.1) is 17.7 Å². The van der Waals surface area contributed by atoms with Crippen LogP contribution in [0.3, 0.4) is 0 Å². The lowest BCUT2D eigenvalue weighted by Gasteiger charge is -2.23. The highest BCUT2D eigenvalue weighted by Crippen LogP contribution is 2.35. The van der Waals surface area contributed by atoms with Crippen LogP contribution in [0.25, 0.3) is 0 Å². The SMILES string of the molecule is CS(=O)(=O)c1ccc(C2=NC(O)(c3ccco3)CN2c2ccc(Cl)cc2)cc1. The van der Waals surface area contributed by atoms with Gasteiger partial charge >= 0.3 is 0 Å². The zero-order valence-electron chi connectivity index (χ0n) is 14.9. The van der Waals surface area contributed by atoms with E-state index in [4.69, 9.17) is 16.0 Å². The molecular formula is C20H17ClN2O4S. The first-order chi connectivity index (χ1) is 13.3. The molecule has 0 spiro atoms. The molecule has 2 heterocycles. The van der Waals surface area contributed by atoms with Crippen molar-refractivity contribution in [1.29, 1.82) is 0 Å². The van der Waals surface area contributed by atoms with Crippen LogP contribution in [-0.2, 0) is 15.6 Å². The molecule has 2 aromatic carbocycles. The molecular weight excluding hydrogens is 400 g/mol. The van der Waals surface area contributed by atoms with Crippen LogP contribution < -0.4 is 4.90 Å². The van der Waals surface area contributed by atoms with E-state index in [0.717, 1.165) is 11.9 Å². The number of hydrogen-bond donors (Lipinski definition) is 1. The number of aliphatic hydroxyl groups is 1. The van der Waals surface area contributed by atoms with Gasteiger partial charge in [0.15, 0.2) is 15.6 Å². The number of β-amino-alcohol motifs (C(OH)–C–C–N with tert-alkyl or cyclic N) is 1. The molecule has 144 valence electrons. The molecule has 6 nitrogen and oxygen atoms in total. The molecule has 28 heavy (non-hydrogen) atoms. The van der Waals surface area contributed by atoms with Gasteiger partial charge in [-0.05, 0) is 60.7 Å². The van der Waals surface area contributed by atoms with E-state index in [-0.39, 0.29) is 11.4 Å². The van der Waals surface area contributed by atoms with Crippen molar-refractivity contribution < 1.29 is 17.9 Å². The first kappa shape index (κ1) is 18.7. The maximum absolute atomic E-state index is 11.7. The fourth-order valence-electron chi connectivity index (χ4n) is 3.11. The van der Waals surface area contributed by atoms with Crippen LogP contribution in [0.1, 0.15) is 11.3 Å². The Balaban J connectivity index is 1.80. The summed E-state index contributed by atoms with van der Waals surface area (Å²) < 4.78 is 28.9. The number of rotatable bonds is 4. The predicted molar refractivity (Wildman–Crippen MR) is 107 cm³/mol. The summed E-state index contributed by atoms with van der Waals surface area (Å²) in [5, 5.41) is 11.7. The zero-order valence-corrected chi connectivity index (χ0v) is 16.5. The summed E-state index contributed by atoms with van der Waals surface area (Å²) in [5.74, 6) is 0.829. The summed E-state index contributed by atoms with van der Waals surface area (Å²) in [7, 11) is -3.30. The zero-order chi connectivity index (χ0) is 19.9. The first-order valence-electron chi connectivity index (χ1n) is 8.46. The highest BCUT2D eigenvalue weighted by Gasteiger charge is 2.42. The Morgan fingerprint density at radius 1 is 1.11 bits per heavy atom. The molecule has 0 bridgehead atoms. The highest BCUT2D eigenvalue weighted by molar-refractivity contribution is 7.90. The molecule has 1 aliphatic heterocycles. The van der Waals surface area contributed by atoms with Gasteiger partial charge < -0.3 is 14.4 Å². The quantitative estimate of drug-likeness (QED) is 0.704. The van der Waals surface area contributed by atoms with E-state index in [2.05, 4.69) is 4.99 Å². The summed E-state index contributed by atoms with van der Waals surface area (Å²) in [6.45, 7) is 0.144. The van der Waals surface area contributed by atoms with Gasteiger partial charge in [-0.15, -0.1) is 0 Å². The lowest BCUT2D eigenvalue weighted by molar-refractivity contribution is 0.0412. The van der Waals surface area contributed by atoms with Gasteiger partial charge in [0, 0.05) is 22.5 Å². The van der Waals surface area contributed by atoms with Crippen LogP contribution in [0.15, 0.2) is 81.2 Å². The molecule has 0 radical (unpaired) electrons. The smallest absolute Gasteiger partial charge is 0.235 e. The van der Waals surface area contributed by atoms with Gasteiger partial charge in [0.2, 0.25) is 5.72 Å². The first-order valence-corrected chi connectivity index (χ1v) is 10.7. The van der Waals surface area contributed by atoms with Crippen molar-refractivity contribution in [3.8, 4) is 0 Å². The van der Waals surface area contributed by atoms with Gasteiger partial charge in [-0.3, -0.25) is 0 Å². The minimum Gasteiger partial charge on any atom is -0.464 e. The van der Waals surface area contributed by atoms with Crippen molar-refractivity contribution in [2.75, 3.05) is 17.7 Å². The maximum atomic E-state index is 11.7. The second kappa shape index (κ2) is 6.77. The van der Waals surface area contributed by atoms with Gasteiger partial charge in [-0.1, -0.05) is 11.6 Å². The Morgan fingerprint density at radius 3 is 2.36 bits per heavy atom. The number of aliphatic imine (C=N–C) groups is 1. The van der Waals surface area contributed by atoms with Gasteiger partial charge in [-0.25, -0.2) is 13.4 Å². The Bertz CT molecular complexity index is 1120. The van der Waals surface area contributed by atoms with E-state index in [1.54, 1.807) is 36.4 Å². The number of anilines is 1. The van der Waals surface area contributed by atoms with Crippen molar-refractivity contribution in [1.82, 2.24) is 0 Å². The minimum atomic E-state index is -3.30. The average Bonchev–Trinajstić information content (AvgIpc) is 3.31. The number of sulfone groups is 1. The van der Waals surface area contributed by atoms with Crippen LogP contribution in [0.5, 0.6) is 0 Å². The summed E-state index contributed by atoms with van der Waals surface area (Å²) >= 11 is 6.00. The maximum Gasteiger partial charge on any atom is 0.235 e. The molecule has 1 aliphatic rings. The van der Waals surface area contributed by atoms with E-state index in [1.807, 2.05) is 17.0 Å². The van der Waals surface area contributed by atoms with Gasteiger partial charge in [0.25, 0.3) is 0 Å². The van der Waals surface area contributed by atoms with Crippen LogP contribution in [0.2, 0.25) is 5.02 Å². The Hall–Kier alpha value is -2.61. The Morgan fingerprint density at radius 2 is 1.79 bits per heavy atom. The largest absolute Gasteiger partial charge is 0.464 e. The molecule has 1 atom stereocenters. The molecule has 0 saturated heterocycles. The van der Waals surface area contributed by atoms with Crippen molar-refractivity contribution in [2.45, 2.75) is 10.6 Å². The molecule has 0 fully saturated rings. The summed E-state index contributed by atoms with van der Waals surface area (Å²) in [6, 6.07) is 16.9. The summed E-state index contributed by atoms with van der Waals surface area (Å²) in [6.07, 6.45) is 2.64. The third-order valence-corrected chi connectivity index (χ3v) is 5.90. The van der Waals surface area contributed by atoms with Crippen LogP contribution in [-0.4, -0.2) is 32.2 Å². The van der Waals surface area contributed by atoms with Crippen molar-refractivity contribution in [3.63, 3.8) is 0 Å².